The zero-order valence-electron chi connectivity index (χ0n) is 22.3. The van der Waals surface area contributed by atoms with Crippen LogP contribution in [0.2, 0.25) is 0 Å². The van der Waals surface area contributed by atoms with Crippen molar-refractivity contribution in [3.63, 3.8) is 0 Å². The zero-order chi connectivity index (χ0) is 29.0. The van der Waals surface area contributed by atoms with Crippen molar-refractivity contribution < 1.29 is 41.8 Å². The Hall–Kier alpha value is -3.31. The largest absolute Gasteiger partial charge is 0.493 e. The van der Waals surface area contributed by atoms with Gasteiger partial charge in [-0.15, -0.1) is 11.8 Å². The molecule has 0 N–H and O–H groups in total. The highest BCUT2D eigenvalue weighted by molar-refractivity contribution is 7.99. The van der Waals surface area contributed by atoms with Crippen molar-refractivity contribution in [2.75, 3.05) is 20.7 Å². The van der Waals surface area contributed by atoms with Gasteiger partial charge in [0.25, 0.3) is 0 Å². The number of carbonyl (C=O) groups excluding carboxylic acids is 3. The Labute approximate surface area is 233 Å². The molecule has 1 fully saturated rings. The SMILES string of the molecule is COC1=C[C@@H]2[C@@H]3[C@H](Sc4ccc(C(F)(F)F)cc4)c4ccc(OC(C)=O)c(OC(C)=O)c4[C@]2(CCN3C)CC1=O. The number of alkyl halides is 3. The molecule has 212 valence electrons. The van der Waals surface area contributed by atoms with Crippen LogP contribution in [0.3, 0.4) is 0 Å². The van der Waals surface area contributed by atoms with Gasteiger partial charge in [0, 0.05) is 48.1 Å². The highest BCUT2D eigenvalue weighted by Gasteiger charge is 2.60. The number of piperidine rings is 1. The predicted octanol–water partition coefficient (Wildman–Crippen LogP) is 5.46. The van der Waals surface area contributed by atoms with Crippen LogP contribution in [0.1, 0.15) is 48.6 Å². The summed E-state index contributed by atoms with van der Waals surface area (Å²) in [7, 11) is 3.42. The fourth-order valence-corrected chi connectivity index (χ4v) is 7.79. The molecule has 0 spiro atoms. The summed E-state index contributed by atoms with van der Waals surface area (Å²) in [6.45, 7) is 3.10. The van der Waals surface area contributed by atoms with Gasteiger partial charge in [0.2, 0.25) is 0 Å². The molecule has 1 saturated heterocycles. The van der Waals surface area contributed by atoms with Crippen molar-refractivity contribution >= 4 is 29.5 Å². The fourth-order valence-electron chi connectivity index (χ4n) is 6.36. The van der Waals surface area contributed by atoms with Crippen molar-refractivity contribution in [3.05, 3.63) is 64.9 Å². The van der Waals surface area contributed by atoms with E-state index in [0.717, 1.165) is 17.7 Å². The summed E-state index contributed by atoms with van der Waals surface area (Å²) in [6, 6.07) is 8.18. The molecular formula is C29H28F3NO6S. The minimum atomic E-state index is -4.45. The van der Waals surface area contributed by atoms with Crippen LogP contribution in [-0.4, -0.2) is 49.4 Å². The third-order valence-electron chi connectivity index (χ3n) is 7.94. The number of esters is 2. The summed E-state index contributed by atoms with van der Waals surface area (Å²) >= 11 is 1.40. The lowest BCUT2D eigenvalue weighted by Crippen LogP contribution is -2.61. The van der Waals surface area contributed by atoms with Crippen LogP contribution in [0.25, 0.3) is 0 Å². The van der Waals surface area contributed by atoms with E-state index in [-0.39, 0.29) is 46.7 Å². The predicted molar refractivity (Wildman–Crippen MR) is 140 cm³/mol. The maximum Gasteiger partial charge on any atom is 0.416 e. The van der Waals surface area contributed by atoms with Gasteiger partial charge < -0.3 is 19.1 Å². The lowest BCUT2D eigenvalue weighted by atomic mass is 9.53. The lowest BCUT2D eigenvalue weighted by molar-refractivity contribution is -0.137. The Morgan fingerprint density at radius 1 is 1.05 bits per heavy atom. The number of ketones is 1. The number of benzene rings is 2. The molecule has 40 heavy (non-hydrogen) atoms. The second-order valence-electron chi connectivity index (χ2n) is 10.3. The molecule has 0 saturated carbocycles. The Kier molecular flexibility index (Phi) is 7.24. The number of halogens is 3. The van der Waals surface area contributed by atoms with E-state index >= 15 is 0 Å². The number of rotatable bonds is 5. The second kappa shape index (κ2) is 10.3. The number of likely N-dealkylation sites (N-methyl/N-ethyl adjacent to an activating group) is 1. The molecular weight excluding hydrogens is 547 g/mol. The first-order valence-corrected chi connectivity index (χ1v) is 13.6. The monoisotopic (exact) mass is 575 g/mol. The molecule has 2 bridgehead atoms. The molecule has 2 aliphatic carbocycles. The Morgan fingerprint density at radius 2 is 1.73 bits per heavy atom. The maximum atomic E-state index is 13.3. The minimum Gasteiger partial charge on any atom is -0.493 e. The minimum absolute atomic E-state index is 0.0687. The van der Waals surface area contributed by atoms with Gasteiger partial charge >= 0.3 is 18.1 Å². The van der Waals surface area contributed by atoms with E-state index in [1.54, 1.807) is 12.1 Å². The molecule has 4 atom stereocenters. The highest BCUT2D eigenvalue weighted by atomic mass is 32.2. The zero-order valence-corrected chi connectivity index (χ0v) is 23.2. The number of thioether (sulfide) groups is 1. The van der Waals surface area contributed by atoms with E-state index in [9.17, 15) is 27.6 Å². The first-order valence-electron chi connectivity index (χ1n) is 12.7. The van der Waals surface area contributed by atoms with Crippen molar-refractivity contribution in [2.45, 2.75) is 54.5 Å². The van der Waals surface area contributed by atoms with Gasteiger partial charge in [0.05, 0.1) is 17.9 Å². The highest BCUT2D eigenvalue weighted by Crippen LogP contribution is 2.63. The summed E-state index contributed by atoms with van der Waals surface area (Å²) in [6.07, 6.45) is -1.96. The number of methoxy groups -OCH3 is 1. The molecule has 2 aromatic rings. The molecule has 7 nitrogen and oxygen atoms in total. The average molecular weight is 576 g/mol. The number of hydrogen-bond acceptors (Lipinski definition) is 8. The number of ether oxygens (including phenoxy) is 3. The first-order chi connectivity index (χ1) is 18.9. The molecule has 1 aliphatic heterocycles. The molecule has 0 unspecified atom stereocenters. The molecule has 0 radical (unpaired) electrons. The number of likely N-dealkylation sites (tertiary alicyclic amines) is 1. The van der Waals surface area contributed by atoms with Crippen LogP contribution in [0.4, 0.5) is 13.2 Å². The second-order valence-corrected chi connectivity index (χ2v) is 11.6. The number of nitrogens with zero attached hydrogens (tertiary/aromatic N) is 1. The number of carbonyl (C=O) groups is 3. The van der Waals surface area contributed by atoms with Crippen molar-refractivity contribution in [3.8, 4) is 11.5 Å². The first kappa shape index (κ1) is 28.2. The molecule has 1 heterocycles. The third-order valence-corrected chi connectivity index (χ3v) is 9.27. The Bertz CT molecular complexity index is 1410. The van der Waals surface area contributed by atoms with Gasteiger partial charge in [-0.3, -0.25) is 14.4 Å². The molecule has 0 amide bonds. The quantitative estimate of drug-likeness (QED) is 0.343. The van der Waals surface area contributed by atoms with Crippen molar-refractivity contribution in [1.82, 2.24) is 4.90 Å². The third kappa shape index (κ3) is 4.79. The maximum absolute atomic E-state index is 13.3. The number of fused-ring (bicyclic) bond motifs is 1. The van der Waals surface area contributed by atoms with Crippen LogP contribution in [-0.2, 0) is 30.7 Å². The standard InChI is InChI=1S/C29H28F3NO6S/c1-15(34)38-22-10-9-19-24(26(22)39-16(2)35)28-11-12-33(3)25(20(28)13-23(37-4)21(36)14-28)27(19)40-18-7-5-17(6-8-18)29(30,31)32/h5-10,13,20,25,27H,11-12,14H2,1-4H3/t20-,25-,27-,28-/m1/s1. The Balaban J connectivity index is 1.74. The van der Waals surface area contributed by atoms with Gasteiger partial charge in [-0.2, -0.15) is 13.2 Å². The summed E-state index contributed by atoms with van der Waals surface area (Å²) in [5.41, 5.74) is -0.132. The van der Waals surface area contributed by atoms with E-state index in [2.05, 4.69) is 4.90 Å². The van der Waals surface area contributed by atoms with Crippen LogP contribution in [0.5, 0.6) is 11.5 Å². The summed E-state index contributed by atoms with van der Waals surface area (Å²) in [5, 5.41) is -0.335. The number of allylic oxidation sites excluding steroid dienone is 1. The van der Waals surface area contributed by atoms with Crippen molar-refractivity contribution in [2.24, 2.45) is 5.92 Å². The molecule has 3 aliphatic rings. The molecule has 0 aromatic heterocycles. The van der Waals surface area contributed by atoms with Crippen LogP contribution >= 0.6 is 11.8 Å². The smallest absolute Gasteiger partial charge is 0.416 e. The van der Waals surface area contributed by atoms with E-state index < -0.39 is 29.1 Å². The van der Waals surface area contributed by atoms with Gasteiger partial charge in [-0.1, -0.05) is 6.07 Å². The van der Waals surface area contributed by atoms with Gasteiger partial charge in [0.1, 0.15) is 0 Å². The molecule has 2 aromatic carbocycles. The lowest BCUT2D eigenvalue weighted by Gasteiger charge is -2.59. The van der Waals surface area contributed by atoms with Crippen LogP contribution in [0, 0.1) is 5.92 Å². The van der Waals surface area contributed by atoms with E-state index in [1.165, 1.54) is 44.9 Å². The van der Waals surface area contributed by atoms with Crippen molar-refractivity contribution in [1.29, 1.82) is 0 Å². The van der Waals surface area contributed by atoms with Crippen LogP contribution in [0.15, 0.2) is 53.1 Å². The van der Waals surface area contributed by atoms with Gasteiger partial charge in [-0.05, 0) is 62.0 Å². The van der Waals surface area contributed by atoms with E-state index in [1.807, 2.05) is 13.1 Å². The fraction of sp³-hybridized carbons (Fsp3) is 0.414. The van der Waals surface area contributed by atoms with E-state index in [4.69, 9.17) is 14.2 Å². The van der Waals surface area contributed by atoms with E-state index in [0.29, 0.717) is 23.4 Å². The van der Waals surface area contributed by atoms with Gasteiger partial charge in [-0.25, -0.2) is 0 Å². The summed E-state index contributed by atoms with van der Waals surface area (Å²) in [4.78, 5) is 40.3. The average Bonchev–Trinajstić information content (AvgIpc) is 2.87. The number of hydrogen-bond donors (Lipinski definition) is 0. The summed E-state index contributed by atoms with van der Waals surface area (Å²) in [5.74, 6) is -1.27. The van der Waals surface area contributed by atoms with Crippen LogP contribution < -0.4 is 9.47 Å². The normalized spacial score (nSPS) is 25.8. The number of Topliss-reactive ketones (excluding diaryl/α,β-unsaturated/α-hetero) is 1. The molecule has 5 rings (SSSR count). The Morgan fingerprint density at radius 3 is 2.33 bits per heavy atom. The van der Waals surface area contributed by atoms with Gasteiger partial charge in [0.15, 0.2) is 23.0 Å². The summed E-state index contributed by atoms with van der Waals surface area (Å²) < 4.78 is 56.3. The topological polar surface area (TPSA) is 82.1 Å². The molecule has 11 heteroatoms.